The van der Waals surface area contributed by atoms with Crippen molar-refractivity contribution in [2.24, 2.45) is 0 Å². The molecular weight excluding hydrogens is 408 g/mol. The van der Waals surface area contributed by atoms with Crippen LogP contribution in [-0.4, -0.2) is 35.1 Å². The van der Waals surface area contributed by atoms with Gasteiger partial charge in [-0.05, 0) is 42.8 Å². The van der Waals surface area contributed by atoms with Crippen LogP contribution in [0, 0.1) is 12.7 Å². The van der Waals surface area contributed by atoms with Gasteiger partial charge in [0.25, 0.3) is 5.91 Å². The Hall–Kier alpha value is -3.63. The predicted octanol–water partition coefficient (Wildman–Crippen LogP) is 4.00. The van der Waals surface area contributed by atoms with Crippen LogP contribution >= 0.6 is 0 Å². The lowest BCUT2D eigenvalue weighted by atomic mass is 10.1. The third-order valence-corrected chi connectivity index (χ3v) is 4.20. The van der Waals surface area contributed by atoms with Gasteiger partial charge in [-0.25, -0.2) is 9.07 Å². The number of anilines is 1. The zero-order valence-electron chi connectivity index (χ0n) is 16.0. The molecule has 2 aromatic carbocycles. The van der Waals surface area contributed by atoms with Gasteiger partial charge in [0.15, 0.2) is 22.9 Å². The highest BCUT2D eigenvalue weighted by molar-refractivity contribution is 6.04. The molecule has 0 aliphatic rings. The number of hydrogen-bond donors (Lipinski definition) is 1. The molecular formula is C19H16F4N4O3. The third kappa shape index (κ3) is 4.04. The SMILES string of the molecule is COc1cc(C)c(NC(=O)c2nnn(-c3ccc(F)cc3)c2C(F)(F)F)cc1OC. The maximum atomic E-state index is 13.7. The Kier molecular flexibility index (Phi) is 5.63. The van der Waals surface area contributed by atoms with E-state index >= 15 is 0 Å². The average molecular weight is 424 g/mol. The van der Waals surface area contributed by atoms with Crippen LogP contribution in [0.15, 0.2) is 36.4 Å². The summed E-state index contributed by atoms with van der Waals surface area (Å²) >= 11 is 0. The molecule has 0 saturated heterocycles. The van der Waals surface area contributed by atoms with Crippen LogP contribution in [0.25, 0.3) is 5.69 Å². The molecule has 0 unspecified atom stereocenters. The molecule has 1 N–H and O–H groups in total. The van der Waals surface area contributed by atoms with E-state index < -0.39 is 29.3 Å². The van der Waals surface area contributed by atoms with Crippen LogP contribution < -0.4 is 14.8 Å². The Balaban J connectivity index is 2.02. The van der Waals surface area contributed by atoms with Gasteiger partial charge in [-0.15, -0.1) is 5.10 Å². The summed E-state index contributed by atoms with van der Waals surface area (Å²) in [6.07, 6.45) is -4.95. The molecule has 30 heavy (non-hydrogen) atoms. The number of rotatable bonds is 5. The molecule has 158 valence electrons. The molecule has 0 radical (unpaired) electrons. The number of hydrogen-bond acceptors (Lipinski definition) is 5. The van der Waals surface area contributed by atoms with Gasteiger partial charge in [0.2, 0.25) is 0 Å². The van der Waals surface area contributed by atoms with Crippen LogP contribution in [0.1, 0.15) is 21.7 Å². The number of halogens is 4. The Bertz CT molecular complexity index is 1080. The van der Waals surface area contributed by atoms with Gasteiger partial charge >= 0.3 is 6.18 Å². The number of nitrogens with one attached hydrogen (secondary N) is 1. The second-order valence-corrected chi connectivity index (χ2v) is 6.15. The molecule has 1 heterocycles. The molecule has 0 bridgehead atoms. The number of aryl methyl sites for hydroxylation is 1. The first-order valence-electron chi connectivity index (χ1n) is 8.48. The number of ether oxygens (including phenoxy) is 2. The largest absolute Gasteiger partial charge is 0.493 e. The van der Waals surface area contributed by atoms with E-state index in [1.165, 1.54) is 20.3 Å². The first kappa shape index (κ1) is 21.1. The standard InChI is InChI=1S/C19H16F4N4O3/c1-10-8-14(29-2)15(30-3)9-13(10)24-18(28)16-17(19(21,22)23)27(26-25-16)12-6-4-11(20)5-7-12/h4-9H,1-3H3,(H,24,28). The number of benzene rings is 2. The summed E-state index contributed by atoms with van der Waals surface area (Å²) in [5.74, 6) is -1.07. The molecule has 0 spiro atoms. The van der Waals surface area contributed by atoms with Gasteiger partial charge in [-0.3, -0.25) is 4.79 Å². The third-order valence-electron chi connectivity index (χ3n) is 4.20. The van der Waals surface area contributed by atoms with Crippen LogP contribution in [0.3, 0.4) is 0 Å². The second kappa shape index (κ2) is 8.01. The smallest absolute Gasteiger partial charge is 0.435 e. The summed E-state index contributed by atoms with van der Waals surface area (Å²) in [5, 5.41) is 9.25. The van der Waals surface area contributed by atoms with Crippen molar-refractivity contribution >= 4 is 11.6 Å². The highest BCUT2D eigenvalue weighted by Gasteiger charge is 2.42. The minimum Gasteiger partial charge on any atom is -0.493 e. The number of carbonyl (C=O) groups excluding carboxylic acids is 1. The van der Waals surface area contributed by atoms with Crippen molar-refractivity contribution in [2.75, 3.05) is 19.5 Å². The quantitative estimate of drug-likeness (QED) is 0.627. The second-order valence-electron chi connectivity index (χ2n) is 6.15. The fourth-order valence-electron chi connectivity index (χ4n) is 2.75. The Morgan fingerprint density at radius 3 is 2.23 bits per heavy atom. The summed E-state index contributed by atoms with van der Waals surface area (Å²) < 4.78 is 65.0. The number of methoxy groups -OCH3 is 2. The number of alkyl halides is 3. The highest BCUT2D eigenvalue weighted by atomic mass is 19.4. The van der Waals surface area contributed by atoms with E-state index in [0.29, 0.717) is 16.0 Å². The van der Waals surface area contributed by atoms with Crippen LogP contribution in [0.4, 0.5) is 23.2 Å². The summed E-state index contributed by atoms with van der Waals surface area (Å²) in [6, 6.07) is 7.13. The van der Waals surface area contributed by atoms with Crippen LogP contribution in [0.5, 0.6) is 11.5 Å². The normalized spacial score (nSPS) is 11.3. The Labute approximate surface area is 168 Å². The molecule has 11 heteroatoms. The topological polar surface area (TPSA) is 78.3 Å². The van der Waals surface area contributed by atoms with E-state index in [4.69, 9.17) is 9.47 Å². The first-order valence-corrected chi connectivity index (χ1v) is 8.48. The molecule has 3 rings (SSSR count). The first-order chi connectivity index (χ1) is 14.2. The molecule has 1 amide bonds. The zero-order valence-corrected chi connectivity index (χ0v) is 16.0. The minimum atomic E-state index is -4.95. The Morgan fingerprint density at radius 2 is 1.67 bits per heavy atom. The van der Waals surface area contributed by atoms with Crippen molar-refractivity contribution in [3.8, 4) is 17.2 Å². The predicted molar refractivity (Wildman–Crippen MR) is 98.6 cm³/mol. The fourth-order valence-corrected chi connectivity index (χ4v) is 2.75. The van der Waals surface area contributed by atoms with E-state index in [-0.39, 0.29) is 17.1 Å². The number of aromatic nitrogens is 3. The number of amides is 1. The molecule has 7 nitrogen and oxygen atoms in total. The van der Waals surface area contributed by atoms with Gasteiger partial charge in [-0.1, -0.05) is 5.21 Å². The molecule has 3 aromatic rings. The molecule has 0 saturated carbocycles. The van der Waals surface area contributed by atoms with Gasteiger partial charge in [-0.2, -0.15) is 13.2 Å². The molecule has 0 atom stereocenters. The van der Waals surface area contributed by atoms with Gasteiger partial charge in [0.05, 0.1) is 19.9 Å². The number of nitrogens with zero attached hydrogens (tertiary/aromatic N) is 3. The van der Waals surface area contributed by atoms with Crippen molar-refractivity contribution in [3.05, 3.63) is 59.2 Å². The fraction of sp³-hybridized carbons (Fsp3) is 0.211. The highest BCUT2D eigenvalue weighted by Crippen LogP contribution is 2.35. The van der Waals surface area contributed by atoms with Gasteiger partial charge in [0, 0.05) is 11.8 Å². The maximum absolute atomic E-state index is 13.7. The lowest BCUT2D eigenvalue weighted by molar-refractivity contribution is -0.143. The average Bonchev–Trinajstić information content (AvgIpc) is 3.15. The monoisotopic (exact) mass is 424 g/mol. The maximum Gasteiger partial charge on any atom is 0.435 e. The van der Waals surface area contributed by atoms with E-state index in [1.54, 1.807) is 13.0 Å². The van der Waals surface area contributed by atoms with E-state index in [9.17, 15) is 22.4 Å². The van der Waals surface area contributed by atoms with E-state index in [0.717, 1.165) is 24.3 Å². The van der Waals surface area contributed by atoms with Gasteiger partial charge in [0.1, 0.15) is 5.82 Å². The number of carbonyl (C=O) groups is 1. The summed E-state index contributed by atoms with van der Waals surface area (Å²) in [7, 11) is 2.81. The summed E-state index contributed by atoms with van der Waals surface area (Å²) in [6.45, 7) is 1.64. The summed E-state index contributed by atoms with van der Waals surface area (Å²) in [4.78, 5) is 12.6. The Morgan fingerprint density at radius 1 is 1.07 bits per heavy atom. The van der Waals surface area contributed by atoms with E-state index in [1.807, 2.05) is 0 Å². The van der Waals surface area contributed by atoms with Crippen molar-refractivity contribution in [1.29, 1.82) is 0 Å². The molecule has 0 aliphatic carbocycles. The van der Waals surface area contributed by atoms with Gasteiger partial charge < -0.3 is 14.8 Å². The van der Waals surface area contributed by atoms with Crippen molar-refractivity contribution in [3.63, 3.8) is 0 Å². The lowest BCUT2D eigenvalue weighted by Gasteiger charge is -2.14. The van der Waals surface area contributed by atoms with E-state index in [2.05, 4.69) is 15.6 Å². The summed E-state index contributed by atoms with van der Waals surface area (Å²) in [5.41, 5.74) is -1.68. The molecule has 1 aromatic heterocycles. The minimum absolute atomic E-state index is 0.0995. The molecule has 0 aliphatic heterocycles. The van der Waals surface area contributed by atoms with Crippen molar-refractivity contribution in [1.82, 2.24) is 15.0 Å². The molecule has 0 fully saturated rings. The van der Waals surface area contributed by atoms with Crippen LogP contribution in [-0.2, 0) is 6.18 Å². The van der Waals surface area contributed by atoms with Crippen LogP contribution in [0.2, 0.25) is 0 Å². The zero-order chi connectivity index (χ0) is 22.1. The van der Waals surface area contributed by atoms with Crippen molar-refractivity contribution < 1.29 is 31.8 Å². The van der Waals surface area contributed by atoms with Crippen molar-refractivity contribution in [2.45, 2.75) is 13.1 Å². The lowest BCUT2D eigenvalue weighted by Crippen LogP contribution is -2.21.